The Hall–Kier alpha value is -4.81. The zero-order chi connectivity index (χ0) is 34.4. The number of pyridine rings is 2. The molecule has 6 heterocycles. The molecule has 3 aliphatic rings. The maximum atomic E-state index is 11.4. The van der Waals surface area contributed by atoms with Crippen molar-refractivity contribution in [3.05, 3.63) is 94.2 Å². The molecule has 5 aromatic rings. The van der Waals surface area contributed by atoms with Crippen molar-refractivity contribution < 1.29 is 19.4 Å². The number of carboxylic acids is 1. The molecule has 8 rings (SSSR count). The summed E-state index contributed by atoms with van der Waals surface area (Å²) < 4.78 is 7.82. The number of oxazole rings is 1. The molecule has 0 amide bonds. The Labute approximate surface area is 294 Å². The van der Waals surface area contributed by atoms with E-state index >= 15 is 0 Å². The molecule has 256 valence electrons. The van der Waals surface area contributed by atoms with Gasteiger partial charge in [0.05, 0.1) is 24.3 Å². The van der Waals surface area contributed by atoms with Gasteiger partial charge in [-0.3, -0.25) is 29.0 Å². The van der Waals surface area contributed by atoms with Crippen LogP contribution in [0.25, 0.3) is 45.7 Å². The zero-order valence-electron chi connectivity index (χ0n) is 27.7. The fraction of sp³-hybridized carbons (Fsp3) is 0.316. The molecule has 3 aliphatic heterocycles. The van der Waals surface area contributed by atoms with Gasteiger partial charge in [-0.25, -0.2) is 4.98 Å². The van der Waals surface area contributed by atoms with E-state index in [9.17, 15) is 15.0 Å². The van der Waals surface area contributed by atoms with Crippen LogP contribution in [0.5, 0.6) is 0 Å². The van der Waals surface area contributed by atoms with Gasteiger partial charge in [0.1, 0.15) is 16.7 Å². The zero-order valence-corrected chi connectivity index (χ0v) is 28.5. The minimum atomic E-state index is -0.726. The number of nitrogens with one attached hydrogen (secondary N) is 1. The van der Waals surface area contributed by atoms with Crippen LogP contribution in [-0.4, -0.2) is 84.2 Å². The molecule has 11 nitrogen and oxygen atoms in total. The number of carboxylic acid groups (broad SMARTS) is 1. The number of aliphatic carboxylic acids is 1. The summed E-state index contributed by atoms with van der Waals surface area (Å²) in [4.78, 5) is 30.2. The lowest BCUT2D eigenvalue weighted by Gasteiger charge is -2.24. The second-order valence-corrected chi connectivity index (χ2v) is 13.9. The third-order valence-corrected chi connectivity index (χ3v) is 10.2. The van der Waals surface area contributed by atoms with Crippen LogP contribution < -0.4 is 15.9 Å². The van der Waals surface area contributed by atoms with Crippen molar-refractivity contribution in [2.75, 3.05) is 38.0 Å². The Kier molecular flexibility index (Phi) is 8.74. The van der Waals surface area contributed by atoms with E-state index in [1.165, 1.54) is 0 Å². The van der Waals surface area contributed by atoms with Crippen LogP contribution in [-0.2, 0) is 17.9 Å². The molecular formula is C38H38ClN7O4. The first kappa shape index (κ1) is 32.4. The first-order valence-corrected chi connectivity index (χ1v) is 17.3. The summed E-state index contributed by atoms with van der Waals surface area (Å²) in [6.45, 7) is 6.93. The summed E-state index contributed by atoms with van der Waals surface area (Å²) in [5.74, 6) is 0.194. The molecule has 3 N–H and O–H groups in total. The molecule has 2 saturated heterocycles. The molecule has 0 aliphatic carbocycles. The number of aromatic nitrogens is 3. The van der Waals surface area contributed by atoms with Crippen LogP contribution in [0.2, 0.25) is 0 Å². The number of aliphatic hydroxyl groups excluding tert-OH is 1. The van der Waals surface area contributed by atoms with E-state index in [1.807, 2.05) is 54.7 Å². The highest BCUT2D eigenvalue weighted by Crippen LogP contribution is 2.32. The normalized spacial score (nSPS) is 19.6. The Morgan fingerprint density at radius 1 is 1.02 bits per heavy atom. The van der Waals surface area contributed by atoms with E-state index in [4.69, 9.17) is 31.1 Å². The van der Waals surface area contributed by atoms with Crippen molar-refractivity contribution in [2.24, 2.45) is 5.92 Å². The van der Waals surface area contributed by atoms with Gasteiger partial charge in [-0.05, 0) is 79.4 Å². The van der Waals surface area contributed by atoms with Crippen molar-refractivity contribution >= 4 is 46.4 Å². The first-order valence-electron chi connectivity index (χ1n) is 17.0. The van der Waals surface area contributed by atoms with Crippen LogP contribution in [0, 0.1) is 12.8 Å². The number of hydrogen-bond acceptors (Lipinski definition) is 10. The topological polar surface area (TPSA) is 131 Å². The number of hydrogen-bond donors (Lipinski definition) is 3. The number of rotatable bonds is 9. The fourth-order valence-corrected chi connectivity index (χ4v) is 7.40. The lowest BCUT2D eigenvalue weighted by Crippen LogP contribution is -2.42. The highest BCUT2D eigenvalue weighted by molar-refractivity contribution is 6.17. The van der Waals surface area contributed by atoms with Crippen LogP contribution in [0.4, 0.5) is 5.69 Å². The smallest absolute Gasteiger partial charge is 0.307 e. The van der Waals surface area contributed by atoms with Gasteiger partial charge in [-0.15, -0.1) is 0 Å². The molecular weight excluding hydrogens is 654 g/mol. The lowest BCUT2D eigenvalue weighted by molar-refractivity contribution is -0.141. The minimum Gasteiger partial charge on any atom is -0.481 e. The van der Waals surface area contributed by atoms with Gasteiger partial charge in [0.25, 0.3) is 0 Å². The van der Waals surface area contributed by atoms with E-state index < -0.39 is 5.97 Å². The van der Waals surface area contributed by atoms with Gasteiger partial charge >= 0.3 is 5.97 Å². The maximum absolute atomic E-state index is 11.4. The van der Waals surface area contributed by atoms with E-state index in [0.29, 0.717) is 49.9 Å². The van der Waals surface area contributed by atoms with E-state index in [-0.39, 0.29) is 12.0 Å². The molecule has 2 atom stereocenters. The Balaban J connectivity index is 1.03. The standard InChI is InChI=1S/C38H38ClN7O4/c1-23-30(3-2-4-31(23)42-36-35-26(9-14-46(36)39)15-25(18-41-35)20-45-13-10-29(47)22-45)32-17-27(7-11-40-32)37-43-33-16-24(5-6-34(33)50-37)19-44-12-8-28(21-44)38(48)49/h2-7,9,11,15-18,28-29,42,47H,8,10,12-14,19-22H2,1H3,(H,48,49)/t28-,29-/m1/s1. The minimum absolute atomic E-state index is 0.253. The quantitative estimate of drug-likeness (QED) is 0.193. The second-order valence-electron chi connectivity index (χ2n) is 13.5. The van der Waals surface area contributed by atoms with Crippen LogP contribution in [0.15, 0.2) is 71.4 Å². The summed E-state index contributed by atoms with van der Waals surface area (Å²) in [5, 5.41) is 24.6. The van der Waals surface area contributed by atoms with Crippen LogP contribution >= 0.6 is 11.8 Å². The lowest BCUT2D eigenvalue weighted by atomic mass is 10.0. The first-order chi connectivity index (χ1) is 24.3. The Morgan fingerprint density at radius 3 is 2.68 bits per heavy atom. The van der Waals surface area contributed by atoms with E-state index in [0.717, 1.165) is 81.3 Å². The number of likely N-dealkylation sites (tertiary alicyclic amines) is 2. The molecule has 0 unspecified atom stereocenters. The van der Waals surface area contributed by atoms with E-state index in [1.54, 1.807) is 10.6 Å². The molecule has 50 heavy (non-hydrogen) atoms. The number of nitrogens with zero attached hydrogens (tertiary/aromatic N) is 6. The molecule has 2 aromatic carbocycles. The highest BCUT2D eigenvalue weighted by Gasteiger charge is 2.28. The highest BCUT2D eigenvalue weighted by atomic mass is 35.5. The average molecular weight is 692 g/mol. The molecule has 0 spiro atoms. The Bertz CT molecular complexity index is 2220. The van der Waals surface area contributed by atoms with Gasteiger partial charge in [-0.1, -0.05) is 24.3 Å². The number of aliphatic hydroxyl groups is 1. The summed E-state index contributed by atoms with van der Waals surface area (Å²) >= 11 is 6.73. The van der Waals surface area contributed by atoms with Gasteiger partial charge in [-0.2, -0.15) is 0 Å². The summed E-state index contributed by atoms with van der Waals surface area (Å²) in [6.07, 6.45) is 6.98. The number of anilines is 1. The molecule has 0 saturated carbocycles. The fourth-order valence-electron chi connectivity index (χ4n) is 7.20. The summed E-state index contributed by atoms with van der Waals surface area (Å²) in [5.41, 5.74) is 8.09. The molecule has 3 aromatic heterocycles. The molecule has 0 bridgehead atoms. The summed E-state index contributed by atoms with van der Waals surface area (Å²) in [7, 11) is 0. The van der Waals surface area contributed by atoms with Crippen molar-refractivity contribution in [3.63, 3.8) is 0 Å². The monoisotopic (exact) mass is 691 g/mol. The largest absolute Gasteiger partial charge is 0.481 e. The Morgan fingerprint density at radius 2 is 1.86 bits per heavy atom. The number of β-amino-alcohol motifs (C(OH)–C–C–N with tert-alkyl or cyclic N) is 1. The van der Waals surface area contributed by atoms with E-state index in [2.05, 4.69) is 34.2 Å². The van der Waals surface area contributed by atoms with Crippen LogP contribution in [0.3, 0.4) is 0 Å². The van der Waals surface area contributed by atoms with Gasteiger partial charge in [0.2, 0.25) is 5.89 Å². The van der Waals surface area contributed by atoms with Gasteiger partial charge in [0.15, 0.2) is 5.58 Å². The average Bonchev–Trinajstić information content (AvgIpc) is 3.87. The predicted octanol–water partition coefficient (Wildman–Crippen LogP) is 4.16. The number of fused-ring (bicyclic) bond motifs is 2. The van der Waals surface area contributed by atoms with Crippen LogP contribution in [0.1, 0.15) is 29.5 Å². The number of halogens is 1. The maximum Gasteiger partial charge on any atom is 0.307 e. The van der Waals surface area contributed by atoms with Crippen molar-refractivity contribution in [1.29, 1.82) is 0 Å². The predicted molar refractivity (Wildman–Crippen MR) is 192 cm³/mol. The second kappa shape index (κ2) is 13.5. The molecule has 12 heteroatoms. The third-order valence-electron chi connectivity index (χ3n) is 9.92. The van der Waals surface area contributed by atoms with Crippen molar-refractivity contribution in [3.8, 4) is 22.7 Å². The van der Waals surface area contributed by atoms with Gasteiger partial charge in [0, 0.05) is 78.9 Å². The number of carbonyl (C=O) groups is 1. The van der Waals surface area contributed by atoms with Crippen molar-refractivity contribution in [1.82, 2.24) is 29.2 Å². The third kappa shape index (κ3) is 6.57. The molecule has 0 radical (unpaired) electrons. The van der Waals surface area contributed by atoms with Crippen molar-refractivity contribution in [2.45, 2.75) is 39.0 Å². The summed E-state index contributed by atoms with van der Waals surface area (Å²) in [6, 6.07) is 18.1. The molecule has 2 fully saturated rings. The number of benzene rings is 2. The van der Waals surface area contributed by atoms with Gasteiger partial charge < -0.3 is 19.9 Å². The SMILES string of the molecule is Cc1c(NC2=c3ncc(CN4CC[C@@H](O)C4)cc3=CCN2Cl)cccc1-c1cc(-c2nc3cc(CN4CC[C@@H](C(=O)O)C4)ccc3o2)ccn1.